The zero-order valence-corrected chi connectivity index (χ0v) is 11.7. The average Bonchev–Trinajstić information content (AvgIpc) is 2.46. The van der Waals surface area contributed by atoms with Crippen molar-refractivity contribution >= 4 is 5.82 Å². The number of anilines is 1. The summed E-state index contributed by atoms with van der Waals surface area (Å²) in [6.45, 7) is 1.95. The molecule has 0 fully saturated rings. The van der Waals surface area contributed by atoms with E-state index in [0.29, 0.717) is 41.2 Å². The highest BCUT2D eigenvalue weighted by molar-refractivity contribution is 5.44. The highest BCUT2D eigenvalue weighted by Crippen LogP contribution is 2.30. The summed E-state index contributed by atoms with van der Waals surface area (Å²) in [4.78, 5) is 8.36. The van der Waals surface area contributed by atoms with E-state index in [4.69, 9.17) is 19.9 Å². The third kappa shape index (κ3) is 3.28. The summed E-state index contributed by atoms with van der Waals surface area (Å²) in [6.07, 6.45) is 0.683. The summed E-state index contributed by atoms with van der Waals surface area (Å²) in [5.41, 5.74) is 5.72. The van der Waals surface area contributed by atoms with Crippen LogP contribution >= 0.6 is 0 Å². The van der Waals surface area contributed by atoms with Crippen molar-refractivity contribution in [2.45, 2.75) is 13.3 Å². The maximum atomic E-state index is 5.72. The number of hydrogen-bond donors (Lipinski definition) is 1. The van der Waals surface area contributed by atoms with Crippen molar-refractivity contribution in [3.8, 4) is 23.1 Å². The molecule has 0 unspecified atom stereocenters. The Labute approximate surface area is 117 Å². The number of hydrogen-bond acceptors (Lipinski definition) is 6. The molecule has 20 heavy (non-hydrogen) atoms. The molecular weight excluding hydrogens is 258 g/mol. The molecule has 0 bridgehead atoms. The van der Waals surface area contributed by atoms with Gasteiger partial charge in [-0.15, -0.1) is 0 Å². The van der Waals surface area contributed by atoms with Crippen LogP contribution in [0.3, 0.4) is 0 Å². The van der Waals surface area contributed by atoms with E-state index in [2.05, 4.69) is 9.97 Å². The molecule has 6 nitrogen and oxygen atoms in total. The van der Waals surface area contributed by atoms with Crippen LogP contribution in [-0.4, -0.2) is 24.2 Å². The van der Waals surface area contributed by atoms with Crippen LogP contribution in [0.1, 0.15) is 12.7 Å². The Bertz CT molecular complexity index is 580. The monoisotopic (exact) mass is 275 g/mol. The summed E-state index contributed by atoms with van der Waals surface area (Å²) in [7, 11) is 3.16. The summed E-state index contributed by atoms with van der Waals surface area (Å²) >= 11 is 0. The van der Waals surface area contributed by atoms with Crippen LogP contribution in [0.4, 0.5) is 5.82 Å². The molecule has 1 aromatic heterocycles. The van der Waals surface area contributed by atoms with Crippen molar-refractivity contribution in [3.63, 3.8) is 0 Å². The zero-order chi connectivity index (χ0) is 14.5. The lowest BCUT2D eigenvalue weighted by atomic mass is 10.3. The summed E-state index contributed by atoms with van der Waals surface area (Å²) < 4.78 is 16.1. The molecule has 1 heterocycles. The van der Waals surface area contributed by atoms with E-state index >= 15 is 0 Å². The second-order valence-corrected chi connectivity index (χ2v) is 4.05. The van der Waals surface area contributed by atoms with E-state index in [0.717, 1.165) is 0 Å². The van der Waals surface area contributed by atoms with Gasteiger partial charge in [0.2, 0.25) is 5.88 Å². The van der Waals surface area contributed by atoms with Crippen LogP contribution in [-0.2, 0) is 6.42 Å². The number of aryl methyl sites for hydroxylation is 1. The Kier molecular flexibility index (Phi) is 4.24. The number of rotatable bonds is 5. The van der Waals surface area contributed by atoms with Gasteiger partial charge in [-0.05, 0) is 0 Å². The molecule has 0 aliphatic rings. The first kappa shape index (κ1) is 13.9. The summed E-state index contributed by atoms with van der Waals surface area (Å²) in [6, 6.07) is 6.82. The maximum Gasteiger partial charge on any atom is 0.224 e. The highest BCUT2D eigenvalue weighted by atomic mass is 16.5. The SMILES string of the molecule is CCc1nc(N)cc(Oc2cc(OC)cc(OC)c2)n1. The van der Waals surface area contributed by atoms with E-state index in [1.54, 1.807) is 38.5 Å². The second kappa shape index (κ2) is 6.10. The van der Waals surface area contributed by atoms with Gasteiger partial charge in [0.1, 0.15) is 28.9 Å². The van der Waals surface area contributed by atoms with Gasteiger partial charge in [-0.3, -0.25) is 0 Å². The van der Waals surface area contributed by atoms with Gasteiger partial charge in [0.25, 0.3) is 0 Å². The summed E-state index contributed by atoms with van der Waals surface area (Å²) in [5, 5.41) is 0. The predicted molar refractivity (Wildman–Crippen MR) is 75.4 cm³/mol. The number of aromatic nitrogens is 2. The Morgan fingerprint density at radius 1 is 0.950 bits per heavy atom. The van der Waals surface area contributed by atoms with Crippen molar-refractivity contribution in [3.05, 3.63) is 30.1 Å². The molecule has 1 aromatic carbocycles. The third-order valence-electron chi connectivity index (χ3n) is 2.63. The zero-order valence-electron chi connectivity index (χ0n) is 11.7. The van der Waals surface area contributed by atoms with Crippen molar-refractivity contribution in [1.29, 1.82) is 0 Å². The molecule has 106 valence electrons. The largest absolute Gasteiger partial charge is 0.496 e. The van der Waals surface area contributed by atoms with Crippen molar-refractivity contribution in [2.24, 2.45) is 0 Å². The Morgan fingerprint density at radius 2 is 1.55 bits per heavy atom. The second-order valence-electron chi connectivity index (χ2n) is 4.05. The van der Waals surface area contributed by atoms with Crippen LogP contribution in [0.25, 0.3) is 0 Å². The highest BCUT2D eigenvalue weighted by Gasteiger charge is 2.07. The first-order valence-electron chi connectivity index (χ1n) is 6.19. The quantitative estimate of drug-likeness (QED) is 0.902. The number of benzene rings is 1. The lowest BCUT2D eigenvalue weighted by Gasteiger charge is -2.10. The number of nitrogens with zero attached hydrogens (tertiary/aromatic N) is 2. The standard InChI is InChI=1S/C14H17N3O3/c1-4-13-16-12(15)8-14(17-13)20-11-6-9(18-2)5-10(7-11)19-3/h5-8H,4H2,1-3H3,(H2,15,16,17). The number of nitrogens with two attached hydrogens (primary N) is 1. The maximum absolute atomic E-state index is 5.72. The normalized spacial score (nSPS) is 10.2. The van der Waals surface area contributed by atoms with Gasteiger partial charge in [0, 0.05) is 30.7 Å². The lowest BCUT2D eigenvalue weighted by Crippen LogP contribution is -2.00. The molecule has 2 N–H and O–H groups in total. The first-order valence-corrected chi connectivity index (χ1v) is 6.19. The van der Waals surface area contributed by atoms with Gasteiger partial charge in [-0.1, -0.05) is 6.92 Å². The van der Waals surface area contributed by atoms with Crippen LogP contribution < -0.4 is 19.9 Å². The lowest BCUT2D eigenvalue weighted by molar-refractivity contribution is 0.384. The molecule has 0 saturated carbocycles. The van der Waals surface area contributed by atoms with E-state index in [1.807, 2.05) is 6.92 Å². The molecule has 0 radical (unpaired) electrons. The van der Waals surface area contributed by atoms with E-state index in [1.165, 1.54) is 0 Å². The molecular formula is C14H17N3O3. The van der Waals surface area contributed by atoms with Gasteiger partial charge in [0.05, 0.1) is 14.2 Å². The fourth-order valence-electron chi connectivity index (χ4n) is 1.66. The van der Waals surface area contributed by atoms with Gasteiger partial charge in [0.15, 0.2) is 0 Å². The number of nitrogen functional groups attached to an aromatic ring is 1. The molecule has 2 rings (SSSR count). The van der Waals surface area contributed by atoms with Crippen LogP contribution in [0.15, 0.2) is 24.3 Å². The van der Waals surface area contributed by atoms with Crippen molar-refractivity contribution in [1.82, 2.24) is 9.97 Å². The minimum atomic E-state index is 0.377. The molecule has 0 aliphatic carbocycles. The third-order valence-corrected chi connectivity index (χ3v) is 2.63. The number of ether oxygens (including phenoxy) is 3. The topological polar surface area (TPSA) is 79.5 Å². The molecule has 0 spiro atoms. The van der Waals surface area contributed by atoms with Gasteiger partial charge in [-0.25, -0.2) is 4.98 Å². The van der Waals surface area contributed by atoms with Crippen molar-refractivity contribution < 1.29 is 14.2 Å². The Morgan fingerprint density at radius 3 is 2.10 bits per heavy atom. The molecule has 2 aromatic rings. The molecule has 0 atom stereocenters. The first-order chi connectivity index (χ1) is 9.64. The summed E-state index contributed by atoms with van der Waals surface area (Å²) in [5.74, 6) is 3.23. The molecule has 0 aliphatic heterocycles. The van der Waals surface area contributed by atoms with Gasteiger partial charge >= 0.3 is 0 Å². The minimum absolute atomic E-state index is 0.377. The molecule has 6 heteroatoms. The Hall–Kier alpha value is -2.50. The predicted octanol–water partition coefficient (Wildman–Crippen LogP) is 2.43. The van der Waals surface area contributed by atoms with E-state index in [-0.39, 0.29) is 0 Å². The minimum Gasteiger partial charge on any atom is -0.496 e. The molecule has 0 saturated heterocycles. The van der Waals surface area contributed by atoms with Crippen molar-refractivity contribution in [2.75, 3.05) is 20.0 Å². The number of methoxy groups -OCH3 is 2. The van der Waals surface area contributed by atoms with E-state index in [9.17, 15) is 0 Å². The van der Waals surface area contributed by atoms with Crippen LogP contribution in [0.5, 0.6) is 23.1 Å². The van der Waals surface area contributed by atoms with E-state index < -0.39 is 0 Å². The van der Waals surface area contributed by atoms with Crippen LogP contribution in [0.2, 0.25) is 0 Å². The fourth-order valence-corrected chi connectivity index (χ4v) is 1.66. The Balaban J connectivity index is 2.31. The molecule has 0 amide bonds. The van der Waals surface area contributed by atoms with Crippen LogP contribution in [0, 0.1) is 0 Å². The average molecular weight is 275 g/mol. The van der Waals surface area contributed by atoms with Gasteiger partial charge < -0.3 is 19.9 Å². The fraction of sp³-hybridized carbons (Fsp3) is 0.286. The van der Waals surface area contributed by atoms with Gasteiger partial charge in [-0.2, -0.15) is 4.98 Å². The smallest absolute Gasteiger partial charge is 0.224 e.